The number of aromatic amines is 1. The first kappa shape index (κ1) is 10.0. The Kier molecular flexibility index (Phi) is 3.38. The Hall–Kier alpha value is -2.50. The zero-order valence-electron chi connectivity index (χ0n) is 8.41. The molecule has 2 N–H and O–H groups in total. The van der Waals surface area contributed by atoms with Crippen LogP contribution < -0.4 is 5.43 Å². The highest BCUT2D eigenvalue weighted by Gasteiger charge is 1.89. The Bertz CT molecular complexity index is 459. The fourth-order valence-corrected chi connectivity index (χ4v) is 1.07. The van der Waals surface area contributed by atoms with Crippen LogP contribution in [0.5, 0.6) is 0 Å². The van der Waals surface area contributed by atoms with Crippen molar-refractivity contribution in [1.82, 2.24) is 20.6 Å². The number of hydrazone groups is 1. The molecular formula is C10H10N6. The van der Waals surface area contributed by atoms with Crippen molar-refractivity contribution in [3.63, 3.8) is 0 Å². The van der Waals surface area contributed by atoms with Gasteiger partial charge in [-0.3, -0.25) is 0 Å². The topological polar surface area (TPSA) is 78.9 Å². The molecule has 0 aliphatic rings. The van der Waals surface area contributed by atoms with E-state index >= 15 is 0 Å². The number of tetrazole rings is 1. The highest BCUT2D eigenvalue weighted by molar-refractivity contribution is 5.78. The maximum absolute atomic E-state index is 3.88. The summed E-state index contributed by atoms with van der Waals surface area (Å²) in [6.07, 6.45) is 5.38. The SMILES string of the molecule is C(=C/c1ccccc1)/C=N/Nc1nn[nH]n1. The molecular weight excluding hydrogens is 204 g/mol. The number of allylic oxidation sites excluding steroid dienone is 1. The second-order valence-electron chi connectivity index (χ2n) is 2.90. The number of hydrogen-bond acceptors (Lipinski definition) is 5. The summed E-state index contributed by atoms with van der Waals surface area (Å²) in [6, 6.07) is 9.96. The van der Waals surface area contributed by atoms with Crippen molar-refractivity contribution in [1.29, 1.82) is 0 Å². The first-order valence-electron chi connectivity index (χ1n) is 4.69. The van der Waals surface area contributed by atoms with E-state index < -0.39 is 0 Å². The molecule has 80 valence electrons. The highest BCUT2D eigenvalue weighted by Crippen LogP contribution is 1.99. The van der Waals surface area contributed by atoms with Crippen LogP contribution in [-0.4, -0.2) is 26.8 Å². The number of hydrogen-bond donors (Lipinski definition) is 2. The van der Waals surface area contributed by atoms with Crippen LogP contribution in [0, 0.1) is 0 Å². The molecule has 1 aromatic heterocycles. The summed E-state index contributed by atoms with van der Waals surface area (Å²) in [5.41, 5.74) is 3.73. The van der Waals surface area contributed by atoms with Crippen LogP contribution >= 0.6 is 0 Å². The van der Waals surface area contributed by atoms with E-state index in [0.717, 1.165) is 5.56 Å². The molecule has 6 heteroatoms. The number of anilines is 1. The van der Waals surface area contributed by atoms with E-state index in [2.05, 4.69) is 31.2 Å². The van der Waals surface area contributed by atoms with E-state index in [1.165, 1.54) is 0 Å². The molecule has 0 bridgehead atoms. The summed E-state index contributed by atoms with van der Waals surface area (Å²) in [4.78, 5) is 0. The Labute approximate surface area is 92.1 Å². The lowest BCUT2D eigenvalue weighted by molar-refractivity contribution is 0.881. The Morgan fingerprint density at radius 1 is 1.25 bits per heavy atom. The number of rotatable bonds is 4. The first-order valence-corrected chi connectivity index (χ1v) is 4.69. The van der Waals surface area contributed by atoms with Gasteiger partial charge in [0.2, 0.25) is 0 Å². The standard InChI is InChI=1S/C10H10N6/c1-2-5-9(6-3-1)7-4-8-11-12-10-13-15-16-14-10/h1-8H,(H2,12,13,14,15,16)/b7-4-,11-8+. The van der Waals surface area contributed by atoms with Gasteiger partial charge >= 0.3 is 0 Å². The van der Waals surface area contributed by atoms with Gasteiger partial charge in [-0.05, 0) is 16.9 Å². The van der Waals surface area contributed by atoms with Crippen molar-refractivity contribution in [3.8, 4) is 0 Å². The minimum absolute atomic E-state index is 0.337. The van der Waals surface area contributed by atoms with Crippen LogP contribution in [0.3, 0.4) is 0 Å². The lowest BCUT2D eigenvalue weighted by Gasteiger charge is -1.89. The second kappa shape index (κ2) is 5.40. The van der Waals surface area contributed by atoms with Crippen LogP contribution in [-0.2, 0) is 0 Å². The van der Waals surface area contributed by atoms with Gasteiger partial charge in [0.25, 0.3) is 5.95 Å². The van der Waals surface area contributed by atoms with Gasteiger partial charge in [0, 0.05) is 6.21 Å². The minimum atomic E-state index is 0.337. The van der Waals surface area contributed by atoms with E-state index in [9.17, 15) is 0 Å². The number of H-pyrrole nitrogens is 1. The molecule has 0 saturated carbocycles. The summed E-state index contributed by atoms with van der Waals surface area (Å²) in [5, 5.41) is 16.9. The first-order chi connectivity index (χ1) is 7.95. The third-order valence-corrected chi connectivity index (χ3v) is 1.76. The largest absolute Gasteiger partial charge is 0.283 e. The van der Waals surface area contributed by atoms with Crippen LogP contribution in [0.4, 0.5) is 5.95 Å². The molecule has 2 rings (SSSR count). The summed E-state index contributed by atoms with van der Waals surface area (Å²) < 4.78 is 0. The number of nitrogens with one attached hydrogen (secondary N) is 2. The molecule has 0 spiro atoms. The van der Waals surface area contributed by atoms with Gasteiger partial charge in [0.05, 0.1) is 0 Å². The van der Waals surface area contributed by atoms with Gasteiger partial charge in [-0.1, -0.05) is 41.5 Å². The second-order valence-corrected chi connectivity index (χ2v) is 2.90. The summed E-state index contributed by atoms with van der Waals surface area (Å²) in [5.74, 6) is 0.337. The van der Waals surface area contributed by atoms with Gasteiger partial charge in [0.1, 0.15) is 0 Å². The molecule has 16 heavy (non-hydrogen) atoms. The Balaban J connectivity index is 1.83. The van der Waals surface area contributed by atoms with Gasteiger partial charge in [-0.15, -0.1) is 5.10 Å². The summed E-state index contributed by atoms with van der Waals surface area (Å²) >= 11 is 0. The third-order valence-electron chi connectivity index (χ3n) is 1.76. The van der Waals surface area contributed by atoms with E-state index in [1.54, 1.807) is 6.21 Å². The molecule has 0 aliphatic heterocycles. The summed E-state index contributed by atoms with van der Waals surface area (Å²) in [6.45, 7) is 0. The van der Waals surface area contributed by atoms with Gasteiger partial charge in [0.15, 0.2) is 0 Å². The van der Waals surface area contributed by atoms with Gasteiger partial charge < -0.3 is 0 Å². The molecule has 0 saturated heterocycles. The number of nitrogens with zero attached hydrogens (tertiary/aromatic N) is 4. The average Bonchev–Trinajstić information content (AvgIpc) is 2.83. The molecule has 1 heterocycles. The fraction of sp³-hybridized carbons (Fsp3) is 0. The minimum Gasteiger partial charge on any atom is -0.243 e. The highest BCUT2D eigenvalue weighted by atomic mass is 15.5. The van der Waals surface area contributed by atoms with Crippen molar-refractivity contribution in [2.75, 3.05) is 5.43 Å². The number of benzene rings is 1. The molecule has 2 aromatic rings. The van der Waals surface area contributed by atoms with Crippen LogP contribution in [0.1, 0.15) is 5.56 Å². The molecule has 6 nitrogen and oxygen atoms in total. The summed E-state index contributed by atoms with van der Waals surface area (Å²) in [7, 11) is 0. The number of aromatic nitrogens is 4. The average molecular weight is 214 g/mol. The zero-order chi connectivity index (χ0) is 11.1. The molecule has 0 atom stereocenters. The van der Waals surface area contributed by atoms with E-state index in [-0.39, 0.29) is 0 Å². The van der Waals surface area contributed by atoms with Crippen LogP contribution in [0.15, 0.2) is 41.5 Å². The van der Waals surface area contributed by atoms with Crippen LogP contribution in [0.2, 0.25) is 0 Å². The molecule has 0 radical (unpaired) electrons. The van der Waals surface area contributed by atoms with Crippen molar-refractivity contribution < 1.29 is 0 Å². The van der Waals surface area contributed by atoms with Gasteiger partial charge in [-0.25, -0.2) is 5.43 Å². The van der Waals surface area contributed by atoms with Gasteiger partial charge in [-0.2, -0.15) is 10.3 Å². The van der Waals surface area contributed by atoms with E-state index in [1.807, 2.05) is 42.5 Å². The van der Waals surface area contributed by atoms with Crippen molar-refractivity contribution in [2.24, 2.45) is 5.10 Å². The molecule has 0 aliphatic carbocycles. The predicted molar refractivity (Wildman–Crippen MR) is 61.8 cm³/mol. The van der Waals surface area contributed by atoms with E-state index in [4.69, 9.17) is 0 Å². The van der Waals surface area contributed by atoms with Crippen LogP contribution in [0.25, 0.3) is 6.08 Å². The van der Waals surface area contributed by atoms with Crippen molar-refractivity contribution in [3.05, 3.63) is 42.0 Å². The third kappa shape index (κ3) is 3.02. The Morgan fingerprint density at radius 2 is 2.12 bits per heavy atom. The van der Waals surface area contributed by atoms with Crippen molar-refractivity contribution in [2.45, 2.75) is 0 Å². The fourth-order valence-electron chi connectivity index (χ4n) is 1.07. The van der Waals surface area contributed by atoms with E-state index in [0.29, 0.717) is 5.95 Å². The monoisotopic (exact) mass is 214 g/mol. The molecule has 0 unspecified atom stereocenters. The Morgan fingerprint density at radius 3 is 2.88 bits per heavy atom. The van der Waals surface area contributed by atoms with Crippen molar-refractivity contribution >= 4 is 18.2 Å². The molecule has 0 amide bonds. The predicted octanol–water partition coefficient (Wildman–Crippen LogP) is 1.31. The zero-order valence-corrected chi connectivity index (χ0v) is 8.41. The maximum atomic E-state index is 3.88. The maximum Gasteiger partial charge on any atom is 0.283 e. The molecule has 0 fully saturated rings. The normalized spacial score (nSPS) is 11.2. The lowest BCUT2D eigenvalue weighted by atomic mass is 10.2. The smallest absolute Gasteiger partial charge is 0.243 e. The quantitative estimate of drug-likeness (QED) is 0.594. The lowest BCUT2D eigenvalue weighted by Crippen LogP contribution is -1.90. The molecule has 1 aromatic carbocycles.